The van der Waals surface area contributed by atoms with Crippen molar-refractivity contribution in [2.24, 2.45) is 0 Å². The Morgan fingerprint density at radius 1 is 1.47 bits per heavy atom. The maximum atomic E-state index is 11.8. The van der Waals surface area contributed by atoms with Crippen LogP contribution in [-0.2, 0) is 10.1 Å². The highest BCUT2D eigenvalue weighted by Gasteiger charge is 2.13. The molecule has 0 aliphatic heterocycles. The van der Waals surface area contributed by atoms with E-state index in [1.807, 2.05) is 6.92 Å². The van der Waals surface area contributed by atoms with E-state index < -0.39 is 10.1 Å². The van der Waals surface area contributed by atoms with Gasteiger partial charge in [0.15, 0.2) is 0 Å². The molecule has 0 unspecified atom stereocenters. The summed E-state index contributed by atoms with van der Waals surface area (Å²) in [5.41, 5.74) is 0.149. The molecule has 1 aromatic heterocycles. The van der Waals surface area contributed by atoms with E-state index in [1.54, 1.807) is 7.05 Å². The van der Waals surface area contributed by atoms with Gasteiger partial charge >= 0.3 is 10.1 Å². The van der Waals surface area contributed by atoms with Gasteiger partial charge in [-0.25, -0.2) is 4.98 Å². The number of aromatic nitrogens is 1. The minimum atomic E-state index is -3.63. The first-order valence-corrected chi connectivity index (χ1v) is 6.77. The molecule has 7 heteroatoms. The van der Waals surface area contributed by atoms with Gasteiger partial charge in [0.25, 0.3) is 5.91 Å². The van der Waals surface area contributed by atoms with Gasteiger partial charge in [0, 0.05) is 19.7 Å². The Hall–Kier alpha value is -1.63. The Bertz CT molecular complexity index is 513. The lowest BCUT2D eigenvalue weighted by atomic mass is 10.3. The van der Waals surface area contributed by atoms with Crippen molar-refractivity contribution in [3.05, 3.63) is 23.9 Å². The number of amides is 1. The van der Waals surface area contributed by atoms with Crippen LogP contribution in [0, 0.1) is 0 Å². The second kappa shape index (κ2) is 5.13. The lowest BCUT2D eigenvalue weighted by molar-refractivity contribution is 0.0796. The fraction of sp³-hybridized carbons (Fsp3) is 0.400. The van der Waals surface area contributed by atoms with E-state index in [2.05, 4.69) is 9.17 Å². The summed E-state index contributed by atoms with van der Waals surface area (Å²) >= 11 is 0. The van der Waals surface area contributed by atoms with Gasteiger partial charge in [0.05, 0.1) is 6.26 Å². The molecular weight excluding hydrogens is 244 g/mol. The van der Waals surface area contributed by atoms with E-state index in [4.69, 9.17) is 0 Å². The monoisotopic (exact) mass is 258 g/mol. The van der Waals surface area contributed by atoms with Gasteiger partial charge in [0.2, 0.25) is 5.88 Å². The highest BCUT2D eigenvalue weighted by molar-refractivity contribution is 7.86. The average molecular weight is 258 g/mol. The number of rotatable bonds is 4. The zero-order valence-electron chi connectivity index (χ0n) is 9.87. The third kappa shape index (κ3) is 4.03. The van der Waals surface area contributed by atoms with Crippen molar-refractivity contribution in [1.29, 1.82) is 0 Å². The summed E-state index contributed by atoms with van der Waals surface area (Å²) in [5.74, 6) is -0.394. The molecular formula is C10H14N2O4S. The standard InChI is InChI=1S/C10H14N2O4S/c1-4-12(2)10(13)8-6-5-7-9(11-8)16-17(3,14)15/h5-7H,4H2,1-3H3. The van der Waals surface area contributed by atoms with E-state index >= 15 is 0 Å². The summed E-state index contributed by atoms with van der Waals surface area (Å²) in [7, 11) is -2.00. The summed E-state index contributed by atoms with van der Waals surface area (Å²) in [6, 6.07) is 4.40. The predicted molar refractivity (Wildman–Crippen MR) is 62.3 cm³/mol. The molecule has 0 aliphatic carbocycles. The van der Waals surface area contributed by atoms with Crippen LogP contribution >= 0.6 is 0 Å². The first-order valence-electron chi connectivity index (χ1n) is 4.95. The minimum Gasteiger partial charge on any atom is -0.362 e. The van der Waals surface area contributed by atoms with Crippen molar-refractivity contribution in [2.45, 2.75) is 6.92 Å². The predicted octanol–water partition coefficient (Wildman–Crippen LogP) is 0.512. The number of nitrogens with zero attached hydrogens (tertiary/aromatic N) is 2. The highest BCUT2D eigenvalue weighted by Crippen LogP contribution is 2.10. The van der Waals surface area contributed by atoms with Crippen LogP contribution < -0.4 is 4.18 Å². The van der Waals surface area contributed by atoms with Crippen molar-refractivity contribution in [2.75, 3.05) is 19.8 Å². The van der Waals surface area contributed by atoms with E-state index in [9.17, 15) is 13.2 Å². The molecule has 1 heterocycles. The third-order valence-corrected chi connectivity index (χ3v) is 2.47. The average Bonchev–Trinajstić information content (AvgIpc) is 2.25. The van der Waals surface area contributed by atoms with Gasteiger partial charge in [0.1, 0.15) is 5.69 Å². The molecule has 0 spiro atoms. The molecule has 0 radical (unpaired) electrons. The van der Waals surface area contributed by atoms with E-state index in [1.165, 1.54) is 23.1 Å². The molecule has 6 nitrogen and oxygen atoms in total. The maximum Gasteiger partial charge on any atom is 0.307 e. The second-order valence-corrected chi connectivity index (χ2v) is 5.04. The van der Waals surface area contributed by atoms with Gasteiger partial charge in [-0.2, -0.15) is 8.42 Å². The Morgan fingerprint density at radius 2 is 2.12 bits per heavy atom. The van der Waals surface area contributed by atoms with Crippen LogP contribution in [0.1, 0.15) is 17.4 Å². The number of hydrogen-bond donors (Lipinski definition) is 0. The molecule has 1 amide bonds. The summed E-state index contributed by atoms with van der Waals surface area (Å²) in [6.07, 6.45) is 0.918. The smallest absolute Gasteiger partial charge is 0.307 e. The molecule has 0 bridgehead atoms. The molecule has 0 N–H and O–H groups in total. The van der Waals surface area contributed by atoms with Crippen LogP contribution in [0.25, 0.3) is 0 Å². The maximum absolute atomic E-state index is 11.8. The molecule has 0 atom stereocenters. The Labute approximate surface area is 100 Å². The van der Waals surface area contributed by atoms with E-state index in [0.29, 0.717) is 6.54 Å². The molecule has 1 rings (SSSR count). The lowest BCUT2D eigenvalue weighted by Gasteiger charge is -2.13. The van der Waals surface area contributed by atoms with E-state index in [0.717, 1.165) is 6.26 Å². The molecule has 1 aromatic rings. The van der Waals surface area contributed by atoms with Gasteiger partial charge in [-0.3, -0.25) is 4.79 Å². The summed E-state index contributed by atoms with van der Waals surface area (Å²) < 4.78 is 26.4. The van der Waals surface area contributed by atoms with Gasteiger partial charge in [-0.1, -0.05) is 6.07 Å². The number of carbonyl (C=O) groups is 1. The Kier molecular flexibility index (Phi) is 4.06. The topological polar surface area (TPSA) is 76.6 Å². The van der Waals surface area contributed by atoms with Crippen LogP contribution in [-0.4, -0.2) is 44.1 Å². The van der Waals surface area contributed by atoms with Crippen molar-refractivity contribution in [3.63, 3.8) is 0 Å². The van der Waals surface area contributed by atoms with Crippen LogP contribution in [0.4, 0.5) is 0 Å². The summed E-state index contributed by atoms with van der Waals surface area (Å²) in [5, 5.41) is 0. The van der Waals surface area contributed by atoms with Gasteiger partial charge < -0.3 is 9.08 Å². The molecule has 0 fully saturated rings. The Morgan fingerprint density at radius 3 is 2.65 bits per heavy atom. The largest absolute Gasteiger partial charge is 0.362 e. The summed E-state index contributed by atoms with van der Waals surface area (Å²) in [4.78, 5) is 17.1. The fourth-order valence-corrected chi connectivity index (χ4v) is 1.48. The third-order valence-electron chi connectivity index (χ3n) is 2.00. The summed E-state index contributed by atoms with van der Waals surface area (Å²) in [6.45, 7) is 2.37. The number of carbonyl (C=O) groups excluding carboxylic acids is 1. The molecule has 0 saturated heterocycles. The quantitative estimate of drug-likeness (QED) is 0.735. The SMILES string of the molecule is CCN(C)C(=O)c1cccc(OS(C)(=O)=O)n1. The van der Waals surface area contributed by atoms with Crippen LogP contribution in [0.2, 0.25) is 0 Å². The number of hydrogen-bond acceptors (Lipinski definition) is 5. The first kappa shape index (κ1) is 13.4. The first-order chi connectivity index (χ1) is 7.83. The number of pyridine rings is 1. The zero-order valence-corrected chi connectivity index (χ0v) is 10.7. The molecule has 0 aromatic carbocycles. The van der Waals surface area contributed by atoms with Gasteiger partial charge in [-0.05, 0) is 13.0 Å². The lowest BCUT2D eigenvalue weighted by Crippen LogP contribution is -2.27. The molecule has 17 heavy (non-hydrogen) atoms. The normalized spacial score (nSPS) is 11.0. The zero-order chi connectivity index (χ0) is 13.1. The van der Waals surface area contributed by atoms with Gasteiger partial charge in [-0.15, -0.1) is 0 Å². The van der Waals surface area contributed by atoms with Crippen molar-refractivity contribution < 1.29 is 17.4 Å². The van der Waals surface area contributed by atoms with Crippen LogP contribution in [0.5, 0.6) is 5.88 Å². The fourth-order valence-electron chi connectivity index (χ4n) is 1.07. The molecule has 0 saturated carbocycles. The highest BCUT2D eigenvalue weighted by atomic mass is 32.2. The Balaban J connectivity index is 2.97. The van der Waals surface area contributed by atoms with E-state index in [-0.39, 0.29) is 17.5 Å². The van der Waals surface area contributed by atoms with Crippen molar-refractivity contribution >= 4 is 16.0 Å². The molecule has 94 valence electrons. The van der Waals surface area contributed by atoms with Crippen molar-refractivity contribution in [3.8, 4) is 5.88 Å². The molecule has 0 aliphatic rings. The second-order valence-electron chi connectivity index (χ2n) is 3.47. The minimum absolute atomic E-state index is 0.108. The van der Waals surface area contributed by atoms with Crippen LogP contribution in [0.15, 0.2) is 18.2 Å². The van der Waals surface area contributed by atoms with Crippen LogP contribution in [0.3, 0.4) is 0 Å². The van der Waals surface area contributed by atoms with Crippen molar-refractivity contribution in [1.82, 2.24) is 9.88 Å².